The summed E-state index contributed by atoms with van der Waals surface area (Å²) in [7, 11) is 0. The maximum absolute atomic E-state index is 12.1. The number of benzene rings is 2. The van der Waals surface area contributed by atoms with Crippen LogP contribution in [0, 0.1) is 10.1 Å². The monoisotopic (exact) mass is 336 g/mol. The summed E-state index contributed by atoms with van der Waals surface area (Å²) in [6.45, 7) is 0. The van der Waals surface area contributed by atoms with E-state index in [9.17, 15) is 14.9 Å². The molecule has 1 amide bonds. The van der Waals surface area contributed by atoms with Crippen LogP contribution in [0.1, 0.15) is 10.4 Å². The number of hydrogen-bond donors (Lipinski definition) is 2. The zero-order valence-electron chi connectivity index (χ0n) is 10.0. The molecule has 0 bridgehead atoms. The van der Waals surface area contributed by atoms with Crippen LogP contribution in [0.4, 0.5) is 11.4 Å². The van der Waals surface area contributed by atoms with Gasteiger partial charge in [0.25, 0.3) is 11.6 Å². The Bertz CT molecular complexity index is 671. The van der Waals surface area contributed by atoms with Gasteiger partial charge in [0.1, 0.15) is 10.2 Å². The van der Waals surface area contributed by atoms with Gasteiger partial charge in [0.15, 0.2) is 0 Å². The zero-order chi connectivity index (χ0) is 14.7. The van der Waals surface area contributed by atoms with Crippen LogP contribution in [-0.4, -0.2) is 15.9 Å². The molecule has 0 aliphatic rings. The number of carbonyl (C=O) groups is 1. The van der Waals surface area contributed by atoms with Crippen molar-refractivity contribution in [3.63, 3.8) is 0 Å². The number of aromatic hydroxyl groups is 1. The van der Waals surface area contributed by atoms with Gasteiger partial charge in [-0.25, -0.2) is 0 Å². The molecule has 0 saturated carbocycles. The molecule has 7 heteroatoms. The van der Waals surface area contributed by atoms with Gasteiger partial charge in [-0.15, -0.1) is 0 Å². The summed E-state index contributed by atoms with van der Waals surface area (Å²) in [5.41, 5.74) is 0.460. The van der Waals surface area contributed by atoms with Crippen molar-refractivity contribution in [1.82, 2.24) is 0 Å². The second-order valence-electron chi connectivity index (χ2n) is 3.90. The average molecular weight is 337 g/mol. The number of phenolic OH excluding ortho intramolecular Hbond substituents is 1. The van der Waals surface area contributed by atoms with E-state index < -0.39 is 10.8 Å². The van der Waals surface area contributed by atoms with E-state index in [1.165, 1.54) is 42.5 Å². The molecular weight excluding hydrogens is 328 g/mol. The lowest BCUT2D eigenvalue weighted by molar-refractivity contribution is -0.385. The molecule has 102 valence electrons. The molecule has 2 N–H and O–H groups in total. The number of nitro groups is 1. The van der Waals surface area contributed by atoms with E-state index in [0.29, 0.717) is 5.69 Å². The van der Waals surface area contributed by atoms with E-state index in [1.807, 2.05) is 0 Å². The Kier molecular flexibility index (Phi) is 3.99. The van der Waals surface area contributed by atoms with Gasteiger partial charge in [-0.05, 0) is 46.3 Å². The highest BCUT2D eigenvalue weighted by molar-refractivity contribution is 9.10. The van der Waals surface area contributed by atoms with Gasteiger partial charge in [0, 0.05) is 11.8 Å². The SMILES string of the molecule is O=C(Nc1ccc(O)cc1)c1cccc([N+](=O)[O-])c1Br. The van der Waals surface area contributed by atoms with E-state index in [4.69, 9.17) is 5.11 Å². The van der Waals surface area contributed by atoms with Crippen molar-refractivity contribution in [1.29, 1.82) is 0 Å². The Labute approximate surface area is 122 Å². The van der Waals surface area contributed by atoms with Crippen molar-refractivity contribution in [3.8, 4) is 5.75 Å². The van der Waals surface area contributed by atoms with Crippen LogP contribution in [0.25, 0.3) is 0 Å². The minimum absolute atomic E-state index is 0.0829. The molecule has 0 spiro atoms. The predicted octanol–water partition coefficient (Wildman–Crippen LogP) is 3.32. The standard InChI is InChI=1S/C13H9BrN2O4/c14-12-10(2-1-3-11(12)16(19)20)13(18)15-8-4-6-9(17)7-5-8/h1-7,17H,(H,15,18). The summed E-state index contributed by atoms with van der Waals surface area (Å²) in [6.07, 6.45) is 0. The summed E-state index contributed by atoms with van der Waals surface area (Å²) < 4.78 is 0.126. The fourth-order valence-electron chi connectivity index (χ4n) is 1.58. The van der Waals surface area contributed by atoms with Crippen LogP contribution in [-0.2, 0) is 0 Å². The Hall–Kier alpha value is -2.41. The number of phenols is 1. The normalized spacial score (nSPS) is 10.1. The predicted molar refractivity (Wildman–Crippen MR) is 76.9 cm³/mol. The summed E-state index contributed by atoms with van der Waals surface area (Å²) in [5, 5.41) is 22.6. The van der Waals surface area contributed by atoms with Gasteiger partial charge in [-0.2, -0.15) is 0 Å². The van der Waals surface area contributed by atoms with Gasteiger partial charge < -0.3 is 10.4 Å². The molecule has 0 atom stereocenters. The van der Waals surface area contributed by atoms with Crippen molar-refractivity contribution in [2.75, 3.05) is 5.32 Å². The molecule has 2 rings (SSSR count). The summed E-state index contributed by atoms with van der Waals surface area (Å²) in [6, 6.07) is 10.1. The van der Waals surface area contributed by atoms with Crippen LogP contribution in [0.15, 0.2) is 46.9 Å². The molecule has 0 aliphatic carbocycles. The minimum atomic E-state index is -0.568. The highest BCUT2D eigenvalue weighted by atomic mass is 79.9. The molecule has 0 aliphatic heterocycles. The number of rotatable bonds is 3. The maximum atomic E-state index is 12.1. The molecule has 0 unspecified atom stereocenters. The first-order valence-corrected chi connectivity index (χ1v) is 6.31. The summed E-state index contributed by atoms with van der Waals surface area (Å²) in [4.78, 5) is 22.3. The Balaban J connectivity index is 2.28. The first-order valence-electron chi connectivity index (χ1n) is 5.52. The lowest BCUT2D eigenvalue weighted by atomic mass is 10.2. The number of hydrogen-bond acceptors (Lipinski definition) is 4. The largest absolute Gasteiger partial charge is 0.508 e. The third-order valence-electron chi connectivity index (χ3n) is 2.54. The van der Waals surface area contributed by atoms with E-state index in [2.05, 4.69) is 21.2 Å². The molecule has 0 heterocycles. The third-order valence-corrected chi connectivity index (χ3v) is 3.38. The van der Waals surface area contributed by atoms with Crippen molar-refractivity contribution in [2.24, 2.45) is 0 Å². The molecule has 2 aromatic rings. The van der Waals surface area contributed by atoms with Crippen LogP contribution < -0.4 is 5.32 Å². The zero-order valence-corrected chi connectivity index (χ0v) is 11.6. The summed E-state index contributed by atoms with van der Waals surface area (Å²) >= 11 is 3.06. The lowest BCUT2D eigenvalue weighted by Gasteiger charge is -2.07. The highest BCUT2D eigenvalue weighted by Gasteiger charge is 2.19. The minimum Gasteiger partial charge on any atom is -0.508 e. The van der Waals surface area contributed by atoms with E-state index in [1.54, 1.807) is 0 Å². The molecule has 0 radical (unpaired) electrons. The van der Waals surface area contributed by atoms with Crippen LogP contribution in [0.5, 0.6) is 5.75 Å². The number of nitro benzene ring substituents is 1. The molecule has 0 fully saturated rings. The van der Waals surface area contributed by atoms with Crippen molar-refractivity contribution in [3.05, 3.63) is 62.6 Å². The fraction of sp³-hybridized carbons (Fsp3) is 0. The van der Waals surface area contributed by atoms with E-state index >= 15 is 0 Å². The van der Waals surface area contributed by atoms with Gasteiger partial charge >= 0.3 is 0 Å². The topological polar surface area (TPSA) is 92.5 Å². The Morgan fingerprint density at radius 3 is 2.45 bits per heavy atom. The first-order chi connectivity index (χ1) is 9.49. The van der Waals surface area contributed by atoms with Gasteiger partial charge in [0.2, 0.25) is 0 Å². The van der Waals surface area contributed by atoms with Gasteiger partial charge in [-0.3, -0.25) is 14.9 Å². The van der Waals surface area contributed by atoms with Crippen molar-refractivity contribution in [2.45, 2.75) is 0 Å². The van der Waals surface area contributed by atoms with Crippen LogP contribution in [0.3, 0.4) is 0 Å². The second kappa shape index (κ2) is 5.70. The highest BCUT2D eigenvalue weighted by Crippen LogP contribution is 2.28. The Morgan fingerprint density at radius 1 is 1.20 bits per heavy atom. The smallest absolute Gasteiger partial charge is 0.284 e. The van der Waals surface area contributed by atoms with Crippen LogP contribution >= 0.6 is 15.9 Å². The molecule has 2 aromatic carbocycles. The molecule has 0 saturated heterocycles. The Morgan fingerprint density at radius 2 is 1.85 bits per heavy atom. The quantitative estimate of drug-likeness (QED) is 0.510. The average Bonchev–Trinajstić information content (AvgIpc) is 2.41. The number of amides is 1. The molecule has 6 nitrogen and oxygen atoms in total. The van der Waals surface area contributed by atoms with E-state index in [0.717, 1.165) is 0 Å². The van der Waals surface area contributed by atoms with E-state index in [-0.39, 0.29) is 21.5 Å². The molecular formula is C13H9BrN2O4. The fourth-order valence-corrected chi connectivity index (χ4v) is 2.17. The molecule has 20 heavy (non-hydrogen) atoms. The third kappa shape index (κ3) is 2.94. The number of nitrogens with zero attached hydrogens (tertiary/aromatic N) is 1. The number of anilines is 1. The van der Waals surface area contributed by atoms with Gasteiger partial charge in [-0.1, -0.05) is 6.07 Å². The number of nitrogens with one attached hydrogen (secondary N) is 1. The summed E-state index contributed by atoms with van der Waals surface area (Å²) in [5.74, 6) is -0.397. The number of carbonyl (C=O) groups excluding carboxylic acids is 1. The first kappa shape index (κ1) is 14.0. The van der Waals surface area contributed by atoms with Crippen LogP contribution in [0.2, 0.25) is 0 Å². The number of halogens is 1. The molecule has 0 aromatic heterocycles. The van der Waals surface area contributed by atoms with Crippen molar-refractivity contribution < 1.29 is 14.8 Å². The second-order valence-corrected chi connectivity index (χ2v) is 4.69. The maximum Gasteiger partial charge on any atom is 0.284 e. The van der Waals surface area contributed by atoms with Gasteiger partial charge in [0.05, 0.1) is 10.5 Å². The lowest BCUT2D eigenvalue weighted by Crippen LogP contribution is -2.13. The van der Waals surface area contributed by atoms with Crippen molar-refractivity contribution >= 4 is 33.2 Å².